The number of carbonyl (C=O) groups excluding carboxylic acids is 2. The van der Waals surface area contributed by atoms with Crippen LogP contribution in [0.5, 0.6) is 0 Å². The fourth-order valence-electron chi connectivity index (χ4n) is 2.19. The van der Waals surface area contributed by atoms with Crippen LogP contribution in [0.1, 0.15) is 22.3 Å². The Bertz CT molecular complexity index is 547. The van der Waals surface area contributed by atoms with Crippen LogP contribution in [0.25, 0.3) is 0 Å². The number of hydrogen-bond acceptors (Lipinski definition) is 4. The Kier molecular flexibility index (Phi) is 4.20. The van der Waals surface area contributed by atoms with Crippen LogP contribution in [-0.2, 0) is 9.53 Å². The maximum absolute atomic E-state index is 11.9. The lowest BCUT2D eigenvalue weighted by atomic mass is 10.1. The van der Waals surface area contributed by atoms with Crippen molar-refractivity contribution in [3.63, 3.8) is 0 Å². The van der Waals surface area contributed by atoms with Crippen molar-refractivity contribution in [2.24, 2.45) is 0 Å². The number of thiol groups is 1. The summed E-state index contributed by atoms with van der Waals surface area (Å²) in [6.45, 7) is 2.37. The fourth-order valence-corrected chi connectivity index (χ4v) is 2.95. The fraction of sp³-hybridized carbons (Fsp3) is 0.385. The van der Waals surface area contributed by atoms with Gasteiger partial charge in [-0.3, -0.25) is 4.79 Å². The van der Waals surface area contributed by atoms with Crippen LogP contribution >= 0.6 is 28.6 Å². The molecule has 1 fully saturated rings. The number of benzene rings is 1. The molecule has 0 saturated carbocycles. The Morgan fingerprint density at radius 3 is 2.74 bits per heavy atom. The quantitative estimate of drug-likeness (QED) is 0.663. The van der Waals surface area contributed by atoms with Gasteiger partial charge < -0.3 is 9.64 Å². The number of methoxy groups -OCH3 is 1. The lowest BCUT2D eigenvalue weighted by Crippen LogP contribution is -2.26. The smallest absolute Gasteiger partial charge is 0.338 e. The molecule has 1 aliphatic heterocycles. The molecule has 1 heterocycles. The van der Waals surface area contributed by atoms with Gasteiger partial charge in [0.2, 0.25) is 5.91 Å². The van der Waals surface area contributed by atoms with E-state index in [1.54, 1.807) is 11.0 Å². The molecule has 0 N–H and O–H groups in total. The first-order valence-electron chi connectivity index (χ1n) is 5.81. The normalized spacial score (nSPS) is 18.8. The molecule has 6 heteroatoms. The van der Waals surface area contributed by atoms with Crippen LogP contribution in [0.3, 0.4) is 0 Å². The molecule has 0 spiro atoms. The molecule has 0 aliphatic carbocycles. The van der Waals surface area contributed by atoms with Crippen molar-refractivity contribution >= 4 is 46.1 Å². The lowest BCUT2D eigenvalue weighted by molar-refractivity contribution is -0.117. The Balaban J connectivity index is 2.49. The van der Waals surface area contributed by atoms with Gasteiger partial charge in [0.15, 0.2) is 0 Å². The van der Waals surface area contributed by atoms with Gasteiger partial charge in [-0.25, -0.2) is 4.79 Å². The maximum Gasteiger partial charge on any atom is 0.338 e. The van der Waals surface area contributed by atoms with E-state index in [1.165, 1.54) is 7.11 Å². The van der Waals surface area contributed by atoms with Gasteiger partial charge >= 0.3 is 5.97 Å². The van der Waals surface area contributed by atoms with Crippen LogP contribution < -0.4 is 4.90 Å². The van der Waals surface area contributed by atoms with E-state index in [9.17, 15) is 9.59 Å². The Morgan fingerprint density at radius 1 is 1.53 bits per heavy atom. The average Bonchev–Trinajstić information content (AvgIpc) is 2.70. The molecule has 19 heavy (non-hydrogen) atoms. The zero-order valence-corrected chi connectivity index (χ0v) is 13.1. The average molecular weight is 344 g/mol. The standard InChI is InChI=1S/C13H14BrNO3S/c1-7-10(13(17)18-2)3-8(14)4-11(7)15-6-9(19)5-12(15)16/h3-4,9,19H,5-6H2,1-2H3. The number of nitrogens with zero attached hydrogens (tertiary/aromatic N) is 1. The van der Waals surface area contributed by atoms with Crippen LogP contribution in [0.2, 0.25) is 0 Å². The summed E-state index contributed by atoms with van der Waals surface area (Å²) in [4.78, 5) is 25.4. The molecule has 0 radical (unpaired) electrons. The highest BCUT2D eigenvalue weighted by Crippen LogP contribution is 2.32. The molecule has 1 aromatic carbocycles. The third kappa shape index (κ3) is 2.79. The molecule has 4 nitrogen and oxygen atoms in total. The van der Waals surface area contributed by atoms with Crippen LogP contribution in [0.4, 0.5) is 5.69 Å². The molecule has 1 amide bonds. The number of hydrogen-bond donors (Lipinski definition) is 1. The predicted octanol–water partition coefficient (Wildman–Crippen LogP) is 2.58. The summed E-state index contributed by atoms with van der Waals surface area (Å²) >= 11 is 7.70. The predicted molar refractivity (Wildman–Crippen MR) is 80.0 cm³/mol. The van der Waals surface area contributed by atoms with Gasteiger partial charge in [-0.15, -0.1) is 0 Å². The minimum atomic E-state index is -0.408. The Hall–Kier alpha value is -1.01. The molecule has 1 aromatic rings. The number of ether oxygens (including phenoxy) is 1. The van der Waals surface area contributed by atoms with Crippen molar-refractivity contribution in [1.29, 1.82) is 0 Å². The first-order valence-corrected chi connectivity index (χ1v) is 7.12. The highest BCUT2D eigenvalue weighted by molar-refractivity contribution is 9.10. The van der Waals surface area contributed by atoms with Crippen molar-refractivity contribution in [3.05, 3.63) is 27.7 Å². The minimum Gasteiger partial charge on any atom is -0.465 e. The van der Waals surface area contributed by atoms with Crippen molar-refractivity contribution in [3.8, 4) is 0 Å². The molecule has 0 aromatic heterocycles. The van der Waals surface area contributed by atoms with Crippen molar-refractivity contribution in [2.75, 3.05) is 18.6 Å². The molecular formula is C13H14BrNO3S. The van der Waals surface area contributed by atoms with Crippen LogP contribution in [0, 0.1) is 6.92 Å². The molecule has 1 aliphatic rings. The monoisotopic (exact) mass is 343 g/mol. The van der Waals surface area contributed by atoms with E-state index in [0.717, 1.165) is 15.7 Å². The van der Waals surface area contributed by atoms with Crippen molar-refractivity contribution in [2.45, 2.75) is 18.6 Å². The maximum atomic E-state index is 11.9. The first kappa shape index (κ1) is 14.4. The molecule has 1 saturated heterocycles. The Labute approximate surface area is 125 Å². The molecule has 2 rings (SSSR count). The van der Waals surface area contributed by atoms with Crippen LogP contribution in [0.15, 0.2) is 16.6 Å². The Morgan fingerprint density at radius 2 is 2.21 bits per heavy atom. The van der Waals surface area contributed by atoms with Gasteiger partial charge in [-0.2, -0.15) is 12.6 Å². The van der Waals surface area contributed by atoms with Gasteiger partial charge in [0, 0.05) is 28.4 Å². The van der Waals surface area contributed by atoms with E-state index in [0.29, 0.717) is 18.5 Å². The second-order valence-electron chi connectivity index (χ2n) is 4.45. The summed E-state index contributed by atoms with van der Waals surface area (Å²) in [6, 6.07) is 3.54. The minimum absolute atomic E-state index is 0.0250. The van der Waals surface area contributed by atoms with Gasteiger partial charge in [-0.1, -0.05) is 15.9 Å². The topological polar surface area (TPSA) is 46.6 Å². The SMILES string of the molecule is COC(=O)c1cc(Br)cc(N2CC(S)CC2=O)c1C. The van der Waals surface area contributed by atoms with Gasteiger partial charge in [0.05, 0.1) is 12.7 Å². The van der Waals surface area contributed by atoms with E-state index in [4.69, 9.17) is 4.74 Å². The van der Waals surface area contributed by atoms with E-state index < -0.39 is 5.97 Å². The van der Waals surface area contributed by atoms with Crippen molar-refractivity contribution in [1.82, 2.24) is 0 Å². The lowest BCUT2D eigenvalue weighted by Gasteiger charge is -2.20. The molecule has 1 unspecified atom stereocenters. The van der Waals surface area contributed by atoms with Crippen molar-refractivity contribution < 1.29 is 14.3 Å². The van der Waals surface area contributed by atoms with Gasteiger partial charge in [0.1, 0.15) is 0 Å². The van der Waals surface area contributed by atoms with E-state index in [1.807, 2.05) is 13.0 Å². The number of anilines is 1. The molecule has 0 bridgehead atoms. The second kappa shape index (κ2) is 5.54. The molecular weight excluding hydrogens is 330 g/mol. The summed E-state index contributed by atoms with van der Waals surface area (Å²) in [5.74, 6) is -0.383. The number of rotatable bonds is 2. The number of amides is 1. The summed E-state index contributed by atoms with van der Waals surface area (Å²) in [5.41, 5.74) is 1.93. The first-order chi connectivity index (χ1) is 8.93. The van der Waals surface area contributed by atoms with E-state index in [2.05, 4.69) is 28.6 Å². The highest BCUT2D eigenvalue weighted by atomic mass is 79.9. The number of halogens is 1. The van der Waals surface area contributed by atoms with E-state index in [-0.39, 0.29) is 11.2 Å². The number of carbonyl (C=O) groups is 2. The zero-order valence-electron chi connectivity index (χ0n) is 10.6. The van der Waals surface area contributed by atoms with Gasteiger partial charge in [-0.05, 0) is 24.6 Å². The summed E-state index contributed by atoms with van der Waals surface area (Å²) < 4.78 is 5.50. The van der Waals surface area contributed by atoms with Crippen LogP contribution in [-0.4, -0.2) is 30.8 Å². The van der Waals surface area contributed by atoms with Gasteiger partial charge in [0.25, 0.3) is 0 Å². The van der Waals surface area contributed by atoms with E-state index >= 15 is 0 Å². The second-order valence-corrected chi connectivity index (χ2v) is 6.10. The molecule has 1 atom stereocenters. The summed E-state index contributed by atoms with van der Waals surface area (Å²) in [7, 11) is 1.34. The third-order valence-corrected chi connectivity index (χ3v) is 3.95. The zero-order chi connectivity index (χ0) is 14.2. The summed E-state index contributed by atoms with van der Waals surface area (Å²) in [6.07, 6.45) is 0.419. The molecule has 102 valence electrons. The highest BCUT2D eigenvalue weighted by Gasteiger charge is 2.30. The summed E-state index contributed by atoms with van der Waals surface area (Å²) in [5, 5.41) is 0.0347. The largest absolute Gasteiger partial charge is 0.465 e. The third-order valence-electron chi connectivity index (χ3n) is 3.15. The number of esters is 1.